The Hall–Kier alpha value is -2.12. The minimum Gasteiger partial charge on any atom is -0.465 e. The van der Waals surface area contributed by atoms with Crippen molar-refractivity contribution in [3.05, 3.63) is 0 Å². The Morgan fingerprint density at radius 1 is 0.957 bits per heavy atom. The molecule has 1 N–H and O–H groups in total. The van der Waals surface area contributed by atoms with Gasteiger partial charge in [0, 0.05) is 5.92 Å². The first-order chi connectivity index (χ1) is 10.9. The summed E-state index contributed by atoms with van der Waals surface area (Å²) < 4.78 is 14.8. The molecule has 0 spiro atoms. The third kappa shape index (κ3) is 3.30. The number of carbonyl (C=O) groups excluding carboxylic acids is 4. The van der Waals surface area contributed by atoms with Gasteiger partial charge < -0.3 is 19.5 Å². The fourth-order valence-corrected chi connectivity index (χ4v) is 2.82. The maximum absolute atomic E-state index is 12.4. The van der Waals surface area contributed by atoms with Gasteiger partial charge in [0.25, 0.3) is 0 Å². The lowest BCUT2D eigenvalue weighted by molar-refractivity contribution is -0.169. The molecule has 0 aromatic heterocycles. The number of esters is 3. The van der Waals surface area contributed by atoms with E-state index in [1.165, 1.54) is 0 Å². The highest BCUT2D eigenvalue weighted by Crippen LogP contribution is 2.38. The van der Waals surface area contributed by atoms with E-state index in [1.54, 1.807) is 27.7 Å². The van der Waals surface area contributed by atoms with Crippen LogP contribution in [0.1, 0.15) is 34.1 Å². The Bertz CT molecular complexity index is 470. The molecular weight excluding hydrogens is 306 g/mol. The molecule has 1 fully saturated rings. The molecule has 0 bridgehead atoms. The van der Waals surface area contributed by atoms with Gasteiger partial charge in [-0.15, -0.1) is 0 Å². The van der Waals surface area contributed by atoms with E-state index in [-0.39, 0.29) is 26.2 Å². The van der Waals surface area contributed by atoms with Crippen LogP contribution < -0.4 is 5.32 Å². The Morgan fingerprint density at radius 2 is 1.43 bits per heavy atom. The van der Waals surface area contributed by atoms with Crippen LogP contribution in [-0.4, -0.2) is 49.2 Å². The maximum Gasteiger partial charge on any atom is 0.344 e. The molecule has 23 heavy (non-hydrogen) atoms. The van der Waals surface area contributed by atoms with Gasteiger partial charge in [0.2, 0.25) is 11.4 Å². The highest BCUT2D eigenvalue weighted by atomic mass is 16.6. The van der Waals surface area contributed by atoms with Crippen LogP contribution in [0.5, 0.6) is 0 Å². The van der Waals surface area contributed by atoms with Crippen molar-refractivity contribution in [2.24, 2.45) is 11.8 Å². The highest BCUT2D eigenvalue weighted by molar-refractivity contribution is 6.14. The van der Waals surface area contributed by atoms with Gasteiger partial charge in [-0.1, -0.05) is 6.92 Å². The van der Waals surface area contributed by atoms with Crippen LogP contribution in [-0.2, 0) is 33.4 Å². The van der Waals surface area contributed by atoms with Gasteiger partial charge in [0.15, 0.2) is 0 Å². The monoisotopic (exact) mass is 329 g/mol. The standard InChI is InChI=1S/C15H23NO7/c1-5-9-10(12(18)21-6-2)11(17)16-15(9,13(19)22-7-3)14(20)23-8-4/h9-10H,5-8H2,1-4H3,(H,16,17)/t9-,10+/m1/s1. The summed E-state index contributed by atoms with van der Waals surface area (Å²) >= 11 is 0. The molecule has 1 aliphatic rings. The Balaban J connectivity index is 3.33. The molecule has 0 saturated carbocycles. The Morgan fingerprint density at radius 3 is 1.83 bits per heavy atom. The van der Waals surface area contributed by atoms with Crippen molar-refractivity contribution < 1.29 is 33.4 Å². The van der Waals surface area contributed by atoms with Gasteiger partial charge in [-0.3, -0.25) is 9.59 Å². The quantitative estimate of drug-likeness (QED) is 0.403. The van der Waals surface area contributed by atoms with Gasteiger partial charge >= 0.3 is 17.9 Å². The molecular formula is C15H23NO7. The lowest BCUT2D eigenvalue weighted by Gasteiger charge is -2.30. The summed E-state index contributed by atoms with van der Waals surface area (Å²) in [6.45, 7) is 6.58. The first-order valence-electron chi connectivity index (χ1n) is 7.73. The molecule has 0 aromatic carbocycles. The van der Waals surface area contributed by atoms with E-state index < -0.39 is 41.2 Å². The van der Waals surface area contributed by atoms with E-state index in [0.29, 0.717) is 0 Å². The average Bonchev–Trinajstić information content (AvgIpc) is 2.81. The van der Waals surface area contributed by atoms with Crippen LogP contribution in [0.25, 0.3) is 0 Å². The second-order valence-corrected chi connectivity index (χ2v) is 4.98. The first kappa shape index (κ1) is 18.9. The summed E-state index contributed by atoms with van der Waals surface area (Å²) in [7, 11) is 0. The van der Waals surface area contributed by atoms with E-state index in [1.807, 2.05) is 0 Å². The summed E-state index contributed by atoms with van der Waals surface area (Å²) in [5, 5.41) is 2.34. The van der Waals surface area contributed by atoms with Crippen LogP contribution >= 0.6 is 0 Å². The van der Waals surface area contributed by atoms with E-state index in [2.05, 4.69) is 5.32 Å². The molecule has 1 aliphatic heterocycles. The van der Waals surface area contributed by atoms with Crippen molar-refractivity contribution in [2.45, 2.75) is 39.7 Å². The molecule has 1 heterocycles. The first-order valence-corrected chi connectivity index (χ1v) is 7.73. The predicted molar refractivity (Wildman–Crippen MR) is 78.0 cm³/mol. The van der Waals surface area contributed by atoms with Crippen molar-refractivity contribution in [1.82, 2.24) is 5.32 Å². The third-order valence-corrected chi connectivity index (χ3v) is 3.74. The van der Waals surface area contributed by atoms with Crippen molar-refractivity contribution in [3.63, 3.8) is 0 Å². The summed E-state index contributed by atoms with van der Waals surface area (Å²) in [5.74, 6) is -5.56. The van der Waals surface area contributed by atoms with Crippen LogP contribution in [0.4, 0.5) is 0 Å². The minimum atomic E-state index is -2.02. The van der Waals surface area contributed by atoms with Crippen LogP contribution in [0.2, 0.25) is 0 Å². The maximum atomic E-state index is 12.4. The van der Waals surface area contributed by atoms with Crippen molar-refractivity contribution >= 4 is 23.8 Å². The van der Waals surface area contributed by atoms with Crippen LogP contribution in [0, 0.1) is 11.8 Å². The fourth-order valence-electron chi connectivity index (χ4n) is 2.82. The summed E-state index contributed by atoms with van der Waals surface area (Å²) in [6.07, 6.45) is 0.208. The normalized spacial score (nSPS) is 22.2. The number of rotatable bonds is 7. The number of hydrogen-bond donors (Lipinski definition) is 1. The number of hydrogen-bond acceptors (Lipinski definition) is 7. The molecule has 1 amide bonds. The molecule has 1 rings (SSSR count). The molecule has 8 heteroatoms. The zero-order chi connectivity index (χ0) is 17.6. The number of amides is 1. The number of carbonyl (C=O) groups is 4. The predicted octanol–water partition coefficient (Wildman–Crippen LogP) is 0.187. The molecule has 130 valence electrons. The summed E-state index contributed by atoms with van der Waals surface area (Å²) in [6, 6.07) is 0. The molecule has 2 atom stereocenters. The van der Waals surface area contributed by atoms with Gasteiger partial charge in [0.05, 0.1) is 19.8 Å². The minimum absolute atomic E-state index is 0.0242. The molecule has 0 radical (unpaired) electrons. The van der Waals surface area contributed by atoms with Gasteiger partial charge in [0.1, 0.15) is 5.92 Å². The highest BCUT2D eigenvalue weighted by Gasteiger charge is 2.66. The van der Waals surface area contributed by atoms with E-state index in [4.69, 9.17) is 14.2 Å². The third-order valence-electron chi connectivity index (χ3n) is 3.74. The zero-order valence-corrected chi connectivity index (χ0v) is 13.8. The topological polar surface area (TPSA) is 108 Å². The van der Waals surface area contributed by atoms with Crippen molar-refractivity contribution in [2.75, 3.05) is 19.8 Å². The van der Waals surface area contributed by atoms with Crippen LogP contribution in [0.3, 0.4) is 0 Å². The van der Waals surface area contributed by atoms with Crippen molar-refractivity contribution in [1.29, 1.82) is 0 Å². The second-order valence-electron chi connectivity index (χ2n) is 4.98. The SMILES string of the molecule is CCOC(=O)[C@@H]1C(=O)NC(C(=O)OCC)(C(=O)OCC)[C@@H]1CC. The summed E-state index contributed by atoms with van der Waals surface area (Å²) in [4.78, 5) is 49.2. The second kappa shape index (κ2) is 7.94. The molecule has 0 aliphatic carbocycles. The summed E-state index contributed by atoms with van der Waals surface area (Å²) in [5.41, 5.74) is -2.02. The van der Waals surface area contributed by atoms with Gasteiger partial charge in [-0.25, -0.2) is 9.59 Å². The molecule has 1 saturated heterocycles. The average molecular weight is 329 g/mol. The lowest BCUT2D eigenvalue weighted by atomic mass is 9.78. The number of ether oxygens (including phenoxy) is 3. The molecule has 0 aromatic rings. The van der Waals surface area contributed by atoms with Crippen molar-refractivity contribution in [3.8, 4) is 0 Å². The van der Waals surface area contributed by atoms with E-state index in [9.17, 15) is 19.2 Å². The molecule has 8 nitrogen and oxygen atoms in total. The zero-order valence-electron chi connectivity index (χ0n) is 13.8. The number of nitrogens with one attached hydrogen (secondary N) is 1. The Labute approximate surface area is 134 Å². The molecule has 0 unspecified atom stereocenters. The van der Waals surface area contributed by atoms with Gasteiger partial charge in [-0.05, 0) is 27.2 Å². The smallest absolute Gasteiger partial charge is 0.344 e. The van der Waals surface area contributed by atoms with Gasteiger partial charge in [-0.2, -0.15) is 0 Å². The van der Waals surface area contributed by atoms with E-state index in [0.717, 1.165) is 0 Å². The van der Waals surface area contributed by atoms with Crippen LogP contribution in [0.15, 0.2) is 0 Å². The van der Waals surface area contributed by atoms with E-state index >= 15 is 0 Å². The lowest BCUT2D eigenvalue weighted by Crippen LogP contribution is -2.60. The fraction of sp³-hybridized carbons (Fsp3) is 0.733. The largest absolute Gasteiger partial charge is 0.465 e. The Kier molecular flexibility index (Phi) is 6.53.